The highest BCUT2D eigenvalue weighted by molar-refractivity contribution is 7.18. The zero-order valence-electron chi connectivity index (χ0n) is 16.7. The van der Waals surface area contributed by atoms with Crippen molar-refractivity contribution in [1.82, 2.24) is 24.8 Å². The summed E-state index contributed by atoms with van der Waals surface area (Å²) in [5.41, 5.74) is 4.39. The summed E-state index contributed by atoms with van der Waals surface area (Å²) in [4.78, 5) is 21.4. The van der Waals surface area contributed by atoms with Gasteiger partial charge in [-0.25, -0.2) is 19.3 Å². The molecule has 6 nitrogen and oxygen atoms in total. The van der Waals surface area contributed by atoms with E-state index in [1.807, 2.05) is 20.8 Å². The van der Waals surface area contributed by atoms with Crippen LogP contribution >= 0.6 is 11.3 Å². The molecule has 1 aliphatic rings. The molecule has 0 spiro atoms. The predicted molar refractivity (Wildman–Crippen MR) is 115 cm³/mol. The second kappa shape index (κ2) is 7.03. The zero-order chi connectivity index (χ0) is 20.1. The van der Waals surface area contributed by atoms with E-state index < -0.39 is 0 Å². The van der Waals surface area contributed by atoms with Crippen LogP contribution in [0.5, 0.6) is 0 Å². The van der Waals surface area contributed by atoms with Gasteiger partial charge in [-0.05, 0) is 45.0 Å². The summed E-state index contributed by atoms with van der Waals surface area (Å²) in [6, 6.07) is 7.85. The van der Waals surface area contributed by atoms with Gasteiger partial charge in [0.25, 0.3) is 0 Å². The second-order valence-corrected chi connectivity index (χ2v) is 8.87. The minimum Gasteiger partial charge on any atom is -0.369 e. The molecule has 150 valence electrons. The minimum atomic E-state index is -0.240. The quantitative estimate of drug-likeness (QED) is 0.548. The average Bonchev–Trinajstić information content (AvgIpc) is 3.26. The lowest BCUT2D eigenvalue weighted by molar-refractivity contribution is 0.192. The number of benzene rings is 1. The third kappa shape index (κ3) is 3.36. The SMILES string of the molecule is Cc1nc2ccc(N3CCN(C(C)c4nc5nc(C)sc5cc4F)CC3)cc2[nH]1. The monoisotopic (exact) mass is 410 g/mol. The first kappa shape index (κ1) is 18.4. The van der Waals surface area contributed by atoms with E-state index in [0.29, 0.717) is 11.3 Å². The number of anilines is 1. The summed E-state index contributed by atoms with van der Waals surface area (Å²) in [5, 5.41) is 0.912. The number of aryl methyl sites for hydroxylation is 2. The van der Waals surface area contributed by atoms with E-state index in [1.54, 1.807) is 6.07 Å². The topological polar surface area (TPSA) is 60.9 Å². The van der Waals surface area contributed by atoms with Crippen LogP contribution in [-0.2, 0) is 0 Å². The summed E-state index contributed by atoms with van der Waals surface area (Å²) < 4.78 is 15.5. The molecule has 4 aromatic rings. The van der Waals surface area contributed by atoms with Gasteiger partial charge in [0, 0.05) is 31.9 Å². The number of H-pyrrole nitrogens is 1. The molecule has 0 aliphatic carbocycles. The van der Waals surface area contributed by atoms with Gasteiger partial charge in [-0.15, -0.1) is 11.3 Å². The number of imidazole rings is 1. The Labute approximate surface area is 172 Å². The van der Waals surface area contributed by atoms with Crippen LogP contribution in [0.1, 0.15) is 29.5 Å². The number of thiazole rings is 1. The number of nitrogens with zero attached hydrogens (tertiary/aromatic N) is 5. The van der Waals surface area contributed by atoms with Gasteiger partial charge in [0.05, 0.1) is 32.5 Å². The Hall–Kier alpha value is -2.58. The molecule has 3 aromatic heterocycles. The number of rotatable bonds is 3. The van der Waals surface area contributed by atoms with Gasteiger partial charge < -0.3 is 9.88 Å². The van der Waals surface area contributed by atoms with E-state index in [2.05, 4.69) is 47.9 Å². The lowest BCUT2D eigenvalue weighted by Gasteiger charge is -2.39. The molecule has 1 unspecified atom stereocenters. The molecule has 0 saturated carbocycles. The van der Waals surface area contributed by atoms with Crippen LogP contribution in [0.15, 0.2) is 24.3 Å². The summed E-state index contributed by atoms with van der Waals surface area (Å²) in [6.07, 6.45) is 0. The largest absolute Gasteiger partial charge is 0.369 e. The van der Waals surface area contributed by atoms with Crippen LogP contribution in [-0.4, -0.2) is 51.0 Å². The average molecular weight is 411 g/mol. The van der Waals surface area contributed by atoms with E-state index in [-0.39, 0.29) is 11.9 Å². The predicted octanol–water partition coefficient (Wildman–Crippen LogP) is 4.21. The highest BCUT2D eigenvalue weighted by Crippen LogP contribution is 2.29. The Morgan fingerprint density at radius 1 is 1.07 bits per heavy atom. The molecule has 0 bridgehead atoms. The van der Waals surface area contributed by atoms with Crippen molar-refractivity contribution in [2.45, 2.75) is 26.8 Å². The fraction of sp³-hybridized carbons (Fsp3) is 0.381. The van der Waals surface area contributed by atoms with Crippen molar-refractivity contribution in [3.05, 3.63) is 46.6 Å². The number of hydrogen-bond acceptors (Lipinski definition) is 6. The van der Waals surface area contributed by atoms with E-state index in [0.717, 1.165) is 52.7 Å². The number of fused-ring (bicyclic) bond motifs is 2. The fourth-order valence-corrected chi connectivity index (χ4v) is 4.91. The smallest absolute Gasteiger partial charge is 0.171 e. The maximum Gasteiger partial charge on any atom is 0.171 e. The number of nitrogens with one attached hydrogen (secondary N) is 1. The van der Waals surface area contributed by atoms with Crippen molar-refractivity contribution in [3.8, 4) is 0 Å². The molecule has 1 fully saturated rings. The van der Waals surface area contributed by atoms with E-state index in [4.69, 9.17) is 0 Å². The Morgan fingerprint density at radius 2 is 1.86 bits per heavy atom. The first-order valence-electron chi connectivity index (χ1n) is 9.87. The van der Waals surface area contributed by atoms with Crippen molar-refractivity contribution in [1.29, 1.82) is 0 Å². The number of halogens is 1. The molecule has 29 heavy (non-hydrogen) atoms. The molecule has 0 amide bonds. The Bertz CT molecular complexity index is 1190. The molecule has 8 heteroatoms. The van der Waals surface area contributed by atoms with Crippen LogP contribution in [0.4, 0.5) is 10.1 Å². The van der Waals surface area contributed by atoms with Crippen molar-refractivity contribution in [2.75, 3.05) is 31.1 Å². The van der Waals surface area contributed by atoms with Crippen molar-refractivity contribution >= 4 is 38.4 Å². The van der Waals surface area contributed by atoms with Gasteiger partial charge in [-0.2, -0.15) is 0 Å². The van der Waals surface area contributed by atoms with Crippen molar-refractivity contribution in [3.63, 3.8) is 0 Å². The maximum atomic E-state index is 14.7. The molecular formula is C21H23FN6S. The first-order chi connectivity index (χ1) is 14.0. The van der Waals surface area contributed by atoms with Gasteiger partial charge in [0.1, 0.15) is 11.6 Å². The summed E-state index contributed by atoms with van der Waals surface area (Å²) in [6.45, 7) is 9.43. The van der Waals surface area contributed by atoms with Crippen LogP contribution in [0, 0.1) is 19.7 Å². The first-order valence-corrected chi connectivity index (χ1v) is 10.7. The van der Waals surface area contributed by atoms with Crippen LogP contribution in [0.2, 0.25) is 0 Å². The third-order valence-electron chi connectivity index (χ3n) is 5.68. The summed E-state index contributed by atoms with van der Waals surface area (Å²) in [7, 11) is 0. The third-order valence-corrected chi connectivity index (χ3v) is 6.58. The van der Waals surface area contributed by atoms with Gasteiger partial charge in [0.2, 0.25) is 0 Å². The second-order valence-electron chi connectivity index (χ2n) is 7.63. The fourth-order valence-electron chi connectivity index (χ4n) is 4.12. The Balaban J connectivity index is 1.32. The maximum absolute atomic E-state index is 14.7. The number of aromatic amines is 1. The number of aromatic nitrogens is 4. The van der Waals surface area contributed by atoms with Gasteiger partial charge in [-0.3, -0.25) is 4.90 Å². The minimum absolute atomic E-state index is 0.0821. The van der Waals surface area contributed by atoms with Crippen LogP contribution < -0.4 is 4.90 Å². The lowest BCUT2D eigenvalue weighted by atomic mass is 10.1. The van der Waals surface area contributed by atoms with Crippen LogP contribution in [0.3, 0.4) is 0 Å². The molecule has 5 rings (SSSR count). The van der Waals surface area contributed by atoms with Crippen molar-refractivity contribution < 1.29 is 4.39 Å². The van der Waals surface area contributed by atoms with Gasteiger partial charge >= 0.3 is 0 Å². The molecule has 1 aliphatic heterocycles. The Morgan fingerprint density at radius 3 is 2.66 bits per heavy atom. The lowest BCUT2D eigenvalue weighted by Crippen LogP contribution is -2.47. The molecule has 1 aromatic carbocycles. The molecule has 1 saturated heterocycles. The van der Waals surface area contributed by atoms with Gasteiger partial charge in [0.15, 0.2) is 5.65 Å². The highest BCUT2D eigenvalue weighted by Gasteiger charge is 2.26. The van der Waals surface area contributed by atoms with E-state index >= 15 is 0 Å². The molecule has 4 heterocycles. The molecule has 0 radical (unpaired) electrons. The number of piperazine rings is 1. The molecule has 1 N–H and O–H groups in total. The highest BCUT2D eigenvalue weighted by atomic mass is 32.1. The number of pyridine rings is 1. The zero-order valence-corrected chi connectivity index (χ0v) is 17.6. The summed E-state index contributed by atoms with van der Waals surface area (Å²) >= 11 is 1.48. The molecular weight excluding hydrogens is 387 g/mol. The summed E-state index contributed by atoms with van der Waals surface area (Å²) in [5.74, 6) is 0.689. The number of hydrogen-bond donors (Lipinski definition) is 1. The molecule has 1 atom stereocenters. The standard InChI is InChI=1S/C21H23FN6S/c1-12(20-16(22)11-19-21(26-20)25-14(3)29-19)27-6-8-28(9-7-27)15-4-5-17-18(10-15)24-13(2)23-17/h4-5,10-12H,6-9H2,1-3H3,(H,23,24). The van der Waals surface area contributed by atoms with E-state index in [1.165, 1.54) is 17.0 Å². The normalized spacial score (nSPS) is 16.8. The van der Waals surface area contributed by atoms with Gasteiger partial charge in [-0.1, -0.05) is 0 Å². The van der Waals surface area contributed by atoms with E-state index in [9.17, 15) is 4.39 Å². The Kier molecular flexibility index (Phi) is 4.48. The van der Waals surface area contributed by atoms with Crippen LogP contribution in [0.25, 0.3) is 21.4 Å². The van der Waals surface area contributed by atoms with Crippen molar-refractivity contribution in [2.24, 2.45) is 0 Å².